The van der Waals surface area contributed by atoms with Crippen LogP contribution in [-0.2, 0) is 4.79 Å². The summed E-state index contributed by atoms with van der Waals surface area (Å²) in [6.07, 6.45) is 0.605. The van der Waals surface area contributed by atoms with Gasteiger partial charge in [-0.25, -0.2) is 0 Å². The zero-order valence-electron chi connectivity index (χ0n) is 10.4. The molecule has 1 nitrogen and oxygen atoms in total. The number of aryl methyl sites for hydroxylation is 1. The lowest BCUT2D eigenvalue weighted by atomic mass is 9.84. The molecule has 1 rings (SSSR count). The maximum Gasteiger partial charge on any atom is 0.140 e. The first-order chi connectivity index (χ1) is 7.47. The predicted molar refractivity (Wildman–Crippen MR) is 71.8 cm³/mol. The van der Waals surface area contributed by atoms with Gasteiger partial charge in [0.05, 0.1) is 0 Å². The van der Waals surface area contributed by atoms with Gasteiger partial charge in [0.25, 0.3) is 0 Å². The largest absolute Gasteiger partial charge is 0.299 e. The fraction of sp³-hybridized carbons (Fsp3) is 0.500. The predicted octanol–water partition coefficient (Wildman–Crippen LogP) is 4.48. The molecule has 0 aromatic heterocycles. The zero-order chi connectivity index (χ0) is 12.3. The van der Waals surface area contributed by atoms with E-state index >= 15 is 0 Å². The quantitative estimate of drug-likeness (QED) is 0.796. The van der Waals surface area contributed by atoms with Crippen molar-refractivity contribution in [2.75, 3.05) is 0 Å². The van der Waals surface area contributed by atoms with E-state index in [1.54, 1.807) is 0 Å². The first-order valence-electron chi connectivity index (χ1n) is 5.76. The van der Waals surface area contributed by atoms with E-state index in [0.717, 1.165) is 10.0 Å². The topological polar surface area (TPSA) is 17.1 Å². The molecule has 1 atom stereocenters. The molecule has 0 saturated heterocycles. The van der Waals surface area contributed by atoms with Crippen molar-refractivity contribution >= 4 is 21.7 Å². The van der Waals surface area contributed by atoms with E-state index in [-0.39, 0.29) is 5.92 Å². The Balaban J connectivity index is 3.11. The fourth-order valence-corrected chi connectivity index (χ4v) is 2.36. The third kappa shape index (κ3) is 2.94. The van der Waals surface area contributed by atoms with Crippen LogP contribution in [0, 0.1) is 12.8 Å². The fourth-order valence-electron chi connectivity index (χ4n) is 1.97. The van der Waals surface area contributed by atoms with E-state index in [0.29, 0.717) is 18.1 Å². The standard InChI is InChI=1S/C14H19BrO/c1-5-13(16)14(9(2)3)11-7-6-10(4)12(15)8-11/h6-9,14H,5H2,1-4H3. The van der Waals surface area contributed by atoms with Crippen LogP contribution in [0.5, 0.6) is 0 Å². The van der Waals surface area contributed by atoms with Gasteiger partial charge in [0.2, 0.25) is 0 Å². The Hall–Kier alpha value is -0.630. The van der Waals surface area contributed by atoms with Gasteiger partial charge in [0, 0.05) is 16.8 Å². The molecule has 0 aliphatic rings. The Bertz CT molecular complexity index is 382. The number of rotatable bonds is 4. The number of halogens is 1. The maximum atomic E-state index is 11.9. The minimum atomic E-state index is 0.0295. The van der Waals surface area contributed by atoms with Gasteiger partial charge in [-0.15, -0.1) is 0 Å². The molecule has 16 heavy (non-hydrogen) atoms. The third-order valence-electron chi connectivity index (χ3n) is 2.92. The van der Waals surface area contributed by atoms with Crippen LogP contribution in [0.25, 0.3) is 0 Å². The Morgan fingerprint density at radius 3 is 2.44 bits per heavy atom. The van der Waals surface area contributed by atoms with Crippen LogP contribution in [0.3, 0.4) is 0 Å². The molecule has 0 amide bonds. The monoisotopic (exact) mass is 282 g/mol. The SMILES string of the molecule is CCC(=O)C(c1ccc(C)c(Br)c1)C(C)C. The number of benzene rings is 1. The Morgan fingerprint density at radius 2 is 2.00 bits per heavy atom. The molecule has 1 aromatic carbocycles. The molecule has 0 fully saturated rings. The highest BCUT2D eigenvalue weighted by atomic mass is 79.9. The molecule has 0 aliphatic heterocycles. The smallest absolute Gasteiger partial charge is 0.140 e. The van der Waals surface area contributed by atoms with E-state index in [1.165, 1.54) is 5.56 Å². The molecule has 0 aliphatic carbocycles. The molecule has 1 unspecified atom stereocenters. The second-order valence-electron chi connectivity index (χ2n) is 4.55. The van der Waals surface area contributed by atoms with Crippen LogP contribution < -0.4 is 0 Å². The van der Waals surface area contributed by atoms with Gasteiger partial charge in [0.1, 0.15) is 5.78 Å². The van der Waals surface area contributed by atoms with E-state index < -0.39 is 0 Å². The molecule has 0 N–H and O–H groups in total. The molecule has 0 bridgehead atoms. The molecule has 0 spiro atoms. The van der Waals surface area contributed by atoms with Gasteiger partial charge in [-0.05, 0) is 30.0 Å². The Kier molecular flexibility index (Phi) is 4.72. The normalized spacial score (nSPS) is 12.9. The average Bonchev–Trinajstić information content (AvgIpc) is 2.22. The molecular weight excluding hydrogens is 264 g/mol. The lowest BCUT2D eigenvalue weighted by Gasteiger charge is -2.20. The number of carbonyl (C=O) groups is 1. The summed E-state index contributed by atoms with van der Waals surface area (Å²) in [7, 11) is 0. The van der Waals surface area contributed by atoms with Crippen molar-refractivity contribution in [1.29, 1.82) is 0 Å². The van der Waals surface area contributed by atoms with Crippen LogP contribution in [-0.4, -0.2) is 5.78 Å². The summed E-state index contributed by atoms with van der Waals surface area (Å²) in [4.78, 5) is 11.9. The number of hydrogen-bond acceptors (Lipinski definition) is 1. The van der Waals surface area contributed by atoms with Crippen molar-refractivity contribution < 1.29 is 4.79 Å². The van der Waals surface area contributed by atoms with Gasteiger partial charge < -0.3 is 0 Å². The molecule has 88 valence electrons. The number of carbonyl (C=O) groups excluding carboxylic acids is 1. The first kappa shape index (κ1) is 13.4. The van der Waals surface area contributed by atoms with Crippen molar-refractivity contribution in [3.63, 3.8) is 0 Å². The lowest BCUT2D eigenvalue weighted by molar-refractivity contribution is -0.121. The zero-order valence-corrected chi connectivity index (χ0v) is 12.0. The van der Waals surface area contributed by atoms with Crippen LogP contribution >= 0.6 is 15.9 Å². The van der Waals surface area contributed by atoms with Gasteiger partial charge in [-0.1, -0.05) is 48.8 Å². The first-order valence-corrected chi connectivity index (χ1v) is 6.55. The summed E-state index contributed by atoms with van der Waals surface area (Å²) in [5, 5.41) is 0. The number of ketones is 1. The van der Waals surface area contributed by atoms with Crippen molar-refractivity contribution in [2.24, 2.45) is 5.92 Å². The Labute approximate surface area is 106 Å². The van der Waals surface area contributed by atoms with Gasteiger partial charge >= 0.3 is 0 Å². The summed E-state index contributed by atoms with van der Waals surface area (Å²) in [5.41, 5.74) is 2.33. The summed E-state index contributed by atoms with van der Waals surface area (Å²) in [6, 6.07) is 6.21. The molecule has 0 radical (unpaired) electrons. The van der Waals surface area contributed by atoms with Crippen LogP contribution in [0.1, 0.15) is 44.2 Å². The van der Waals surface area contributed by atoms with Gasteiger partial charge in [-0.3, -0.25) is 4.79 Å². The van der Waals surface area contributed by atoms with Gasteiger partial charge in [0.15, 0.2) is 0 Å². The maximum absolute atomic E-state index is 11.9. The van der Waals surface area contributed by atoms with Gasteiger partial charge in [-0.2, -0.15) is 0 Å². The van der Waals surface area contributed by atoms with E-state index in [4.69, 9.17) is 0 Å². The van der Waals surface area contributed by atoms with Crippen molar-refractivity contribution in [3.8, 4) is 0 Å². The summed E-state index contributed by atoms with van der Waals surface area (Å²) in [6.45, 7) is 8.19. The van der Waals surface area contributed by atoms with Crippen LogP contribution in [0.2, 0.25) is 0 Å². The number of hydrogen-bond donors (Lipinski definition) is 0. The van der Waals surface area contributed by atoms with Crippen LogP contribution in [0.15, 0.2) is 22.7 Å². The minimum absolute atomic E-state index is 0.0295. The van der Waals surface area contributed by atoms with Crippen LogP contribution in [0.4, 0.5) is 0 Å². The summed E-state index contributed by atoms with van der Waals surface area (Å²) >= 11 is 3.52. The van der Waals surface area contributed by atoms with Crippen molar-refractivity contribution in [3.05, 3.63) is 33.8 Å². The highest BCUT2D eigenvalue weighted by Crippen LogP contribution is 2.29. The Morgan fingerprint density at radius 1 is 1.38 bits per heavy atom. The highest BCUT2D eigenvalue weighted by Gasteiger charge is 2.22. The molecule has 1 aromatic rings. The second-order valence-corrected chi connectivity index (χ2v) is 5.40. The van der Waals surface area contributed by atoms with Crippen molar-refractivity contribution in [1.82, 2.24) is 0 Å². The number of Topliss-reactive ketones (excluding diaryl/α,β-unsaturated/α-hetero) is 1. The summed E-state index contributed by atoms with van der Waals surface area (Å²) in [5.74, 6) is 0.703. The van der Waals surface area contributed by atoms with E-state index in [9.17, 15) is 4.79 Å². The molecule has 2 heteroatoms. The third-order valence-corrected chi connectivity index (χ3v) is 3.77. The average molecular weight is 283 g/mol. The molecular formula is C14H19BrO. The minimum Gasteiger partial charge on any atom is -0.299 e. The lowest BCUT2D eigenvalue weighted by Crippen LogP contribution is -2.17. The van der Waals surface area contributed by atoms with Crippen molar-refractivity contribution in [2.45, 2.75) is 40.0 Å². The second kappa shape index (κ2) is 5.62. The molecule has 0 saturated carbocycles. The van der Waals surface area contributed by atoms with E-state index in [2.05, 4.69) is 54.9 Å². The summed E-state index contributed by atoms with van der Waals surface area (Å²) < 4.78 is 1.08. The highest BCUT2D eigenvalue weighted by molar-refractivity contribution is 9.10. The molecule has 0 heterocycles. The van der Waals surface area contributed by atoms with E-state index in [1.807, 2.05) is 6.92 Å².